The van der Waals surface area contributed by atoms with Gasteiger partial charge in [-0.1, -0.05) is 0 Å². The molecule has 0 unspecified atom stereocenters. The third-order valence-corrected chi connectivity index (χ3v) is 6.10. The Labute approximate surface area is 138 Å². The van der Waals surface area contributed by atoms with Gasteiger partial charge in [0.2, 0.25) is 5.95 Å². The lowest BCUT2D eigenvalue weighted by Gasteiger charge is -2.50. The normalized spacial score (nSPS) is 31.6. The summed E-state index contributed by atoms with van der Waals surface area (Å²) in [6.07, 6.45) is 6.35. The highest BCUT2D eigenvalue weighted by Gasteiger charge is 2.45. The molecule has 2 fully saturated rings. The van der Waals surface area contributed by atoms with Crippen molar-refractivity contribution >= 4 is 5.95 Å². The molecule has 0 amide bonds. The van der Waals surface area contributed by atoms with Crippen molar-refractivity contribution in [2.45, 2.75) is 51.6 Å². The number of piperidine rings is 2. The smallest absolute Gasteiger partial charge is 0.225 e. The zero-order chi connectivity index (χ0) is 16.0. The fraction of sp³-hybridized carbons (Fsp3) is 0.778. The van der Waals surface area contributed by atoms with Crippen LogP contribution in [0.5, 0.6) is 0 Å². The molecule has 0 aromatic carbocycles. The van der Waals surface area contributed by atoms with E-state index in [-0.39, 0.29) is 11.5 Å². The van der Waals surface area contributed by atoms with Crippen LogP contribution in [0.3, 0.4) is 0 Å². The van der Waals surface area contributed by atoms with Gasteiger partial charge in [0.15, 0.2) is 0 Å². The zero-order valence-corrected chi connectivity index (χ0v) is 14.4. The summed E-state index contributed by atoms with van der Waals surface area (Å²) in [5.74, 6) is 0.891. The number of hydrogen-bond donors (Lipinski definition) is 1. The molecule has 23 heavy (non-hydrogen) atoms. The largest absolute Gasteiger partial charge is 0.392 e. The predicted octanol–water partition coefficient (Wildman–Crippen LogP) is 1.56. The van der Waals surface area contributed by atoms with E-state index in [2.05, 4.69) is 23.8 Å². The van der Waals surface area contributed by atoms with E-state index in [4.69, 9.17) is 9.97 Å². The van der Waals surface area contributed by atoms with Crippen molar-refractivity contribution in [1.29, 1.82) is 0 Å². The molecule has 1 aromatic heterocycles. The van der Waals surface area contributed by atoms with Crippen molar-refractivity contribution in [2.24, 2.45) is 5.41 Å². The lowest BCUT2D eigenvalue weighted by atomic mass is 9.71. The molecule has 2 aliphatic heterocycles. The SMILES string of the molecule is Cc1nc(N2CCC[C@]3(CN(C)CC[C@@H]3O)C2)nc2c1CCC2. The second-order valence-electron chi connectivity index (χ2n) is 7.82. The van der Waals surface area contributed by atoms with Crippen molar-refractivity contribution < 1.29 is 5.11 Å². The van der Waals surface area contributed by atoms with Gasteiger partial charge in [-0.25, -0.2) is 9.97 Å². The van der Waals surface area contributed by atoms with Crippen molar-refractivity contribution in [3.63, 3.8) is 0 Å². The molecular weight excluding hydrogens is 288 g/mol. The predicted molar refractivity (Wildman–Crippen MR) is 90.8 cm³/mol. The molecule has 0 radical (unpaired) electrons. The molecule has 3 aliphatic rings. The Bertz CT molecular complexity index is 605. The van der Waals surface area contributed by atoms with Crippen LogP contribution in [-0.2, 0) is 12.8 Å². The van der Waals surface area contributed by atoms with E-state index < -0.39 is 0 Å². The maximum absolute atomic E-state index is 10.7. The number of nitrogens with zero attached hydrogens (tertiary/aromatic N) is 4. The van der Waals surface area contributed by atoms with E-state index in [1.54, 1.807) is 0 Å². The molecule has 5 heteroatoms. The summed E-state index contributed by atoms with van der Waals surface area (Å²) in [5.41, 5.74) is 3.77. The van der Waals surface area contributed by atoms with Crippen LogP contribution in [0, 0.1) is 12.3 Å². The van der Waals surface area contributed by atoms with Gasteiger partial charge in [0, 0.05) is 43.0 Å². The van der Waals surface area contributed by atoms with Crippen LogP contribution in [0.2, 0.25) is 0 Å². The van der Waals surface area contributed by atoms with Crippen LogP contribution in [0.25, 0.3) is 0 Å². The number of likely N-dealkylation sites (tertiary alicyclic amines) is 1. The Balaban J connectivity index is 1.61. The van der Waals surface area contributed by atoms with Crippen LogP contribution in [-0.4, -0.2) is 59.3 Å². The van der Waals surface area contributed by atoms with Gasteiger partial charge >= 0.3 is 0 Å². The molecule has 4 rings (SSSR count). The van der Waals surface area contributed by atoms with Crippen LogP contribution in [0.15, 0.2) is 0 Å². The number of aryl methyl sites for hydroxylation is 2. The molecule has 126 valence electrons. The highest BCUT2D eigenvalue weighted by Crippen LogP contribution is 2.39. The van der Waals surface area contributed by atoms with Gasteiger partial charge in [-0.2, -0.15) is 0 Å². The van der Waals surface area contributed by atoms with Crippen molar-refractivity contribution in [1.82, 2.24) is 14.9 Å². The van der Waals surface area contributed by atoms with Crippen LogP contribution >= 0.6 is 0 Å². The van der Waals surface area contributed by atoms with Crippen molar-refractivity contribution in [3.05, 3.63) is 17.0 Å². The van der Waals surface area contributed by atoms with Gasteiger partial charge in [-0.3, -0.25) is 0 Å². The van der Waals surface area contributed by atoms with E-state index in [9.17, 15) is 5.11 Å². The van der Waals surface area contributed by atoms with E-state index >= 15 is 0 Å². The second kappa shape index (κ2) is 5.71. The average molecular weight is 316 g/mol. The third-order valence-electron chi connectivity index (χ3n) is 6.10. The fourth-order valence-electron chi connectivity index (χ4n) is 4.85. The van der Waals surface area contributed by atoms with Gasteiger partial charge in [0.25, 0.3) is 0 Å². The van der Waals surface area contributed by atoms with Crippen LogP contribution < -0.4 is 4.90 Å². The highest BCUT2D eigenvalue weighted by atomic mass is 16.3. The van der Waals surface area contributed by atoms with E-state index in [0.29, 0.717) is 0 Å². The zero-order valence-electron chi connectivity index (χ0n) is 14.4. The Kier molecular flexibility index (Phi) is 3.81. The minimum absolute atomic E-state index is 0.0124. The van der Waals surface area contributed by atoms with Gasteiger partial charge < -0.3 is 14.9 Å². The maximum Gasteiger partial charge on any atom is 0.225 e. The Morgan fingerprint density at radius 1 is 1.13 bits per heavy atom. The molecule has 2 atom stereocenters. The number of hydrogen-bond acceptors (Lipinski definition) is 5. The first-order valence-corrected chi connectivity index (χ1v) is 9.05. The lowest BCUT2D eigenvalue weighted by Crippen LogP contribution is -2.58. The van der Waals surface area contributed by atoms with Gasteiger partial charge in [0.1, 0.15) is 0 Å². The minimum atomic E-state index is -0.197. The van der Waals surface area contributed by atoms with Gasteiger partial charge in [-0.15, -0.1) is 0 Å². The first kappa shape index (κ1) is 15.3. The van der Waals surface area contributed by atoms with Gasteiger partial charge in [-0.05, 0) is 58.1 Å². The number of anilines is 1. The molecule has 0 saturated carbocycles. The van der Waals surface area contributed by atoms with Gasteiger partial charge in [0.05, 0.1) is 6.10 Å². The van der Waals surface area contributed by atoms with Crippen LogP contribution in [0.1, 0.15) is 42.6 Å². The molecule has 1 aromatic rings. The lowest BCUT2D eigenvalue weighted by molar-refractivity contribution is -0.0467. The summed E-state index contributed by atoms with van der Waals surface area (Å²) in [5, 5.41) is 10.7. The van der Waals surface area contributed by atoms with Crippen molar-refractivity contribution in [2.75, 3.05) is 38.1 Å². The van der Waals surface area contributed by atoms with E-state index in [1.807, 2.05) is 0 Å². The summed E-state index contributed by atoms with van der Waals surface area (Å²) >= 11 is 0. The molecule has 5 nitrogen and oxygen atoms in total. The summed E-state index contributed by atoms with van der Waals surface area (Å²) in [4.78, 5) is 14.4. The molecular formula is C18H28N4O. The quantitative estimate of drug-likeness (QED) is 0.852. The fourth-order valence-corrected chi connectivity index (χ4v) is 4.85. The van der Waals surface area contributed by atoms with Crippen molar-refractivity contribution in [3.8, 4) is 0 Å². The number of aliphatic hydroxyl groups is 1. The molecule has 1 aliphatic carbocycles. The summed E-state index contributed by atoms with van der Waals surface area (Å²) in [6, 6.07) is 0. The average Bonchev–Trinajstić information content (AvgIpc) is 3.01. The van der Waals surface area contributed by atoms with Crippen LogP contribution in [0.4, 0.5) is 5.95 Å². The minimum Gasteiger partial charge on any atom is -0.392 e. The molecule has 3 heterocycles. The maximum atomic E-state index is 10.7. The Morgan fingerprint density at radius 3 is 2.87 bits per heavy atom. The molecule has 0 bridgehead atoms. The first-order valence-electron chi connectivity index (χ1n) is 9.05. The monoisotopic (exact) mass is 316 g/mol. The number of aliphatic hydroxyl groups excluding tert-OH is 1. The summed E-state index contributed by atoms with van der Waals surface area (Å²) < 4.78 is 0. The molecule has 1 N–H and O–H groups in total. The van der Waals surface area contributed by atoms with E-state index in [1.165, 1.54) is 17.7 Å². The third kappa shape index (κ3) is 2.64. The standard InChI is InChI=1S/C18H28N4O/c1-13-14-5-3-6-15(14)20-17(19-13)22-9-4-8-18(12-22)11-21(2)10-7-16(18)23/h16,23H,3-12H2,1-2H3/t16-,18-/m0/s1. The van der Waals surface area contributed by atoms with E-state index in [0.717, 1.165) is 69.9 Å². The topological polar surface area (TPSA) is 52.5 Å². The molecule has 1 spiro atoms. The number of rotatable bonds is 1. The first-order chi connectivity index (χ1) is 11.1. The number of fused-ring (bicyclic) bond motifs is 1. The Hall–Kier alpha value is -1.20. The molecule has 2 saturated heterocycles. The summed E-state index contributed by atoms with van der Waals surface area (Å²) in [6.45, 7) is 6.00. The Morgan fingerprint density at radius 2 is 2.00 bits per heavy atom. The second-order valence-corrected chi connectivity index (χ2v) is 7.82. The summed E-state index contributed by atoms with van der Waals surface area (Å²) in [7, 11) is 2.17. The highest BCUT2D eigenvalue weighted by molar-refractivity contribution is 5.40. The number of aromatic nitrogens is 2.